The first-order chi connectivity index (χ1) is 32.3. The molecule has 9 aromatic carbocycles. The van der Waals surface area contributed by atoms with Crippen LogP contribution in [0.5, 0.6) is 5.75 Å². The number of ether oxygens (including phenoxy) is 1. The lowest BCUT2D eigenvalue weighted by atomic mass is 9.93. The Morgan fingerprint density at radius 3 is 1.29 bits per heavy atom. The first kappa shape index (κ1) is 42.7. The molecule has 0 saturated heterocycles. The molecule has 9 rings (SSSR count). The van der Waals surface area contributed by atoms with E-state index in [0.29, 0.717) is 11.3 Å². The van der Waals surface area contributed by atoms with Crippen LogP contribution in [0.15, 0.2) is 182 Å². The molecule has 0 saturated carbocycles. The van der Waals surface area contributed by atoms with Crippen molar-refractivity contribution in [2.45, 2.75) is 27.2 Å². The fraction of sp³-hybridized carbons (Fsp3) is 0.0820. The van der Waals surface area contributed by atoms with Crippen molar-refractivity contribution in [3.8, 4) is 11.8 Å². The number of hydrogen-bond acceptors (Lipinski definition) is 4. The Balaban J connectivity index is 0.967. The summed E-state index contributed by atoms with van der Waals surface area (Å²) in [6, 6.07) is 65.5. The van der Waals surface area contributed by atoms with E-state index in [1.165, 1.54) is 16.7 Å². The van der Waals surface area contributed by atoms with E-state index in [9.17, 15) is 5.26 Å². The first-order valence-corrected chi connectivity index (χ1v) is 22.2. The topological polar surface area (TPSA) is 43.9 Å². The molecule has 0 heterocycles. The molecular formula is C61H48N4O. The van der Waals surface area contributed by atoms with E-state index >= 15 is 0 Å². The smallest absolute Gasteiger partial charge is 0.202 e. The highest BCUT2D eigenvalue weighted by atomic mass is 16.5. The lowest BCUT2D eigenvalue weighted by Gasteiger charge is -2.26. The predicted molar refractivity (Wildman–Crippen MR) is 278 cm³/mol. The molecule has 0 unspecified atom stereocenters. The highest BCUT2D eigenvalue weighted by molar-refractivity contribution is 6.16. The SMILES string of the molecule is [C-]#[N+]c1c2ccc(/C=C\c3ccc(N(c4ccc(CC)cc4)c4ccc(OC)cc4)cc3)cc2c(C#N)c2ccc(/C=C\c3ccc(N(c4ccc(C)cc4)c4ccc(C)cc4)cc3)cc12. The summed E-state index contributed by atoms with van der Waals surface area (Å²) in [5, 5.41) is 13.6. The first-order valence-electron chi connectivity index (χ1n) is 22.2. The molecule has 0 atom stereocenters. The maximum absolute atomic E-state index is 10.6. The summed E-state index contributed by atoms with van der Waals surface area (Å²) >= 11 is 0. The standard InChI is InChI=1S/C61H48N4O/c1-6-44-15-27-51(28-16-44)65(54-33-35-55(66-5)36-34-54)53-31-19-45(20-32-53)11-13-47-22-38-57-58(39-47)60(41-62)56-37-21-48(40-59(56)61(57)63-4)14-12-46-17-29-52(30-18-46)64(49-23-7-42(2)8-24-49)50-25-9-43(3)10-26-50/h7-40H,6H2,1-3,5H3/b13-11-,14-12-. The second-order valence-electron chi connectivity index (χ2n) is 16.5. The number of methoxy groups -OCH3 is 1. The van der Waals surface area contributed by atoms with Crippen LogP contribution >= 0.6 is 0 Å². The van der Waals surface area contributed by atoms with Gasteiger partial charge >= 0.3 is 0 Å². The molecule has 0 aliphatic carbocycles. The average molecular weight is 853 g/mol. The van der Waals surface area contributed by atoms with Gasteiger partial charge in [0.15, 0.2) is 0 Å². The zero-order valence-corrected chi connectivity index (χ0v) is 37.5. The molecule has 0 aliphatic heterocycles. The van der Waals surface area contributed by atoms with Gasteiger partial charge in [-0.25, -0.2) is 4.85 Å². The Morgan fingerprint density at radius 1 is 0.485 bits per heavy atom. The summed E-state index contributed by atoms with van der Waals surface area (Å²) < 4.78 is 5.43. The average Bonchev–Trinajstić information content (AvgIpc) is 3.36. The van der Waals surface area contributed by atoms with Gasteiger partial charge < -0.3 is 14.5 Å². The second kappa shape index (κ2) is 19.0. The Morgan fingerprint density at radius 2 is 0.864 bits per heavy atom. The van der Waals surface area contributed by atoms with Gasteiger partial charge in [-0.3, -0.25) is 0 Å². The molecule has 66 heavy (non-hydrogen) atoms. The Labute approximate surface area is 387 Å². The van der Waals surface area contributed by atoms with E-state index in [4.69, 9.17) is 11.3 Å². The number of fused-ring (bicyclic) bond motifs is 2. The Kier molecular flexibility index (Phi) is 12.3. The minimum atomic E-state index is 0.544. The number of nitrogens with zero attached hydrogens (tertiary/aromatic N) is 4. The number of nitriles is 1. The molecule has 0 radical (unpaired) electrons. The maximum atomic E-state index is 10.6. The second-order valence-corrected chi connectivity index (χ2v) is 16.5. The van der Waals surface area contributed by atoms with Crippen molar-refractivity contribution in [3.63, 3.8) is 0 Å². The van der Waals surface area contributed by atoms with Crippen LogP contribution in [0.2, 0.25) is 0 Å². The Bertz CT molecular complexity index is 3220. The summed E-state index contributed by atoms with van der Waals surface area (Å²) in [6.07, 6.45) is 9.28. The van der Waals surface area contributed by atoms with Gasteiger partial charge in [-0.1, -0.05) is 133 Å². The third-order valence-electron chi connectivity index (χ3n) is 12.1. The highest BCUT2D eigenvalue weighted by Gasteiger charge is 2.17. The minimum absolute atomic E-state index is 0.544. The van der Waals surface area contributed by atoms with Gasteiger partial charge in [0.2, 0.25) is 5.69 Å². The van der Waals surface area contributed by atoms with Gasteiger partial charge in [-0.2, -0.15) is 5.26 Å². The monoisotopic (exact) mass is 852 g/mol. The fourth-order valence-electron chi connectivity index (χ4n) is 8.44. The Hall–Kier alpha value is -8.64. The van der Waals surface area contributed by atoms with Crippen LogP contribution in [0, 0.1) is 31.8 Å². The van der Waals surface area contributed by atoms with E-state index in [1.807, 2.05) is 48.5 Å². The van der Waals surface area contributed by atoms with Crippen molar-refractivity contribution in [2.75, 3.05) is 16.9 Å². The van der Waals surface area contributed by atoms with Crippen LogP contribution in [0.4, 0.5) is 39.8 Å². The van der Waals surface area contributed by atoms with E-state index in [2.05, 4.69) is 199 Å². The van der Waals surface area contributed by atoms with Crippen LogP contribution < -0.4 is 14.5 Å². The lowest BCUT2D eigenvalue weighted by molar-refractivity contribution is 0.415. The molecule has 9 aromatic rings. The highest BCUT2D eigenvalue weighted by Crippen LogP contribution is 2.41. The summed E-state index contributed by atoms with van der Waals surface area (Å²) in [5.41, 5.74) is 15.2. The molecule has 0 bridgehead atoms. The third-order valence-corrected chi connectivity index (χ3v) is 12.1. The van der Waals surface area contributed by atoms with E-state index in [1.54, 1.807) is 7.11 Å². The van der Waals surface area contributed by atoms with Crippen LogP contribution in [0.25, 0.3) is 50.7 Å². The van der Waals surface area contributed by atoms with Crippen molar-refractivity contribution in [1.82, 2.24) is 0 Å². The lowest BCUT2D eigenvalue weighted by Crippen LogP contribution is -2.09. The normalized spacial score (nSPS) is 11.2. The van der Waals surface area contributed by atoms with Gasteiger partial charge in [-0.15, -0.1) is 0 Å². The molecule has 0 fully saturated rings. The summed E-state index contributed by atoms with van der Waals surface area (Å²) in [5.74, 6) is 0.812. The molecule has 5 heteroatoms. The number of benzene rings is 9. The summed E-state index contributed by atoms with van der Waals surface area (Å²) in [4.78, 5) is 8.54. The summed E-state index contributed by atoms with van der Waals surface area (Å²) in [7, 11) is 1.68. The van der Waals surface area contributed by atoms with Gasteiger partial charge in [0.25, 0.3) is 0 Å². The van der Waals surface area contributed by atoms with Gasteiger partial charge in [0.05, 0.1) is 19.2 Å². The zero-order valence-electron chi connectivity index (χ0n) is 37.5. The van der Waals surface area contributed by atoms with E-state index in [0.717, 1.165) is 90.1 Å². The summed E-state index contributed by atoms with van der Waals surface area (Å²) in [6.45, 7) is 14.7. The van der Waals surface area contributed by atoms with Gasteiger partial charge in [-0.05, 0) is 161 Å². The number of aryl methyl sites for hydroxylation is 3. The molecule has 5 nitrogen and oxygen atoms in total. The quantitative estimate of drug-likeness (QED) is 0.0698. The molecule has 318 valence electrons. The molecule has 0 aliphatic rings. The van der Waals surface area contributed by atoms with Crippen LogP contribution in [-0.2, 0) is 6.42 Å². The largest absolute Gasteiger partial charge is 0.497 e. The van der Waals surface area contributed by atoms with Crippen molar-refractivity contribution < 1.29 is 4.74 Å². The number of anilines is 6. The van der Waals surface area contributed by atoms with Crippen LogP contribution in [0.3, 0.4) is 0 Å². The van der Waals surface area contributed by atoms with E-state index < -0.39 is 0 Å². The van der Waals surface area contributed by atoms with Crippen molar-refractivity contribution >= 4 is 85.7 Å². The van der Waals surface area contributed by atoms with Gasteiger partial charge in [0, 0.05) is 34.1 Å². The van der Waals surface area contributed by atoms with Crippen LogP contribution in [-0.4, -0.2) is 7.11 Å². The zero-order chi connectivity index (χ0) is 45.6. The molecule has 0 N–H and O–H groups in total. The van der Waals surface area contributed by atoms with Gasteiger partial charge in [0.1, 0.15) is 11.8 Å². The van der Waals surface area contributed by atoms with Crippen molar-refractivity contribution in [2.24, 2.45) is 0 Å². The third kappa shape index (κ3) is 8.93. The molecule has 0 spiro atoms. The van der Waals surface area contributed by atoms with E-state index in [-0.39, 0.29) is 0 Å². The fourth-order valence-corrected chi connectivity index (χ4v) is 8.44. The van der Waals surface area contributed by atoms with Crippen LogP contribution in [0.1, 0.15) is 51.4 Å². The number of hydrogen-bond donors (Lipinski definition) is 0. The predicted octanol–water partition coefficient (Wildman–Crippen LogP) is 16.9. The minimum Gasteiger partial charge on any atom is -0.497 e. The molecular weight excluding hydrogens is 805 g/mol. The molecule has 0 aromatic heterocycles. The maximum Gasteiger partial charge on any atom is 0.202 e. The number of rotatable bonds is 12. The van der Waals surface area contributed by atoms with Crippen molar-refractivity contribution in [3.05, 3.63) is 238 Å². The van der Waals surface area contributed by atoms with Crippen molar-refractivity contribution in [1.29, 1.82) is 5.26 Å². The molecule has 0 amide bonds.